The Hall–Kier alpha value is -1.24. The summed E-state index contributed by atoms with van der Waals surface area (Å²) in [7, 11) is 0. The van der Waals surface area contributed by atoms with Gasteiger partial charge in [0.05, 0.1) is 19.3 Å². The summed E-state index contributed by atoms with van der Waals surface area (Å²) < 4.78 is 5.50. The van der Waals surface area contributed by atoms with Crippen molar-refractivity contribution in [2.75, 3.05) is 6.61 Å². The van der Waals surface area contributed by atoms with Crippen molar-refractivity contribution in [3.05, 3.63) is 28.8 Å². The number of unbranched alkanes of at least 4 members (excludes halogenated alkanes) is 2. The zero-order chi connectivity index (χ0) is 11.8. The summed E-state index contributed by atoms with van der Waals surface area (Å²) in [5.41, 5.74) is 0.688. The Morgan fingerprint density at radius 1 is 1.38 bits per heavy atom. The van der Waals surface area contributed by atoms with E-state index in [1.165, 1.54) is 0 Å². The Labute approximate surface area is 100 Å². The molecule has 0 aliphatic heterocycles. The molecule has 1 aromatic carbocycles. The maximum atomic E-state index is 9.10. The van der Waals surface area contributed by atoms with Crippen LogP contribution in [0.15, 0.2) is 18.2 Å². The van der Waals surface area contributed by atoms with Crippen LogP contribution in [0.3, 0.4) is 0 Å². The molecule has 1 aromatic rings. The van der Waals surface area contributed by atoms with Gasteiger partial charge < -0.3 is 9.84 Å². The van der Waals surface area contributed by atoms with Crippen molar-refractivity contribution in [2.45, 2.75) is 25.9 Å². The summed E-state index contributed by atoms with van der Waals surface area (Å²) in [5, 5.41) is 18.0. The molecule has 86 valence electrons. The fourth-order valence-electron chi connectivity index (χ4n) is 1.30. The second-order valence-electron chi connectivity index (χ2n) is 3.37. The molecular formula is C12H14ClNO2. The smallest absolute Gasteiger partial charge is 0.124 e. The first-order valence-electron chi connectivity index (χ1n) is 5.17. The first-order chi connectivity index (χ1) is 7.77. The van der Waals surface area contributed by atoms with Crippen molar-refractivity contribution in [3.8, 4) is 11.8 Å². The summed E-state index contributed by atoms with van der Waals surface area (Å²) in [4.78, 5) is 0. The Balaban J connectivity index is 2.44. The molecule has 1 rings (SSSR count). The molecule has 0 bridgehead atoms. The average molecular weight is 240 g/mol. The van der Waals surface area contributed by atoms with Crippen molar-refractivity contribution in [3.63, 3.8) is 0 Å². The summed E-state index contributed by atoms with van der Waals surface area (Å²) in [6, 6.07) is 7.25. The van der Waals surface area contributed by atoms with E-state index in [2.05, 4.69) is 6.07 Å². The van der Waals surface area contributed by atoms with Crippen LogP contribution in [0.2, 0.25) is 5.02 Å². The van der Waals surface area contributed by atoms with E-state index < -0.39 is 0 Å². The number of hydrogen-bond acceptors (Lipinski definition) is 3. The highest BCUT2D eigenvalue weighted by molar-refractivity contribution is 6.30. The van der Waals surface area contributed by atoms with Gasteiger partial charge in [0.15, 0.2) is 0 Å². The van der Waals surface area contributed by atoms with Crippen LogP contribution in [0, 0.1) is 11.3 Å². The Bertz CT molecular complexity index is 374. The first kappa shape index (κ1) is 12.8. The number of benzene rings is 1. The molecule has 0 aliphatic carbocycles. The van der Waals surface area contributed by atoms with Gasteiger partial charge in [-0.3, -0.25) is 0 Å². The second kappa shape index (κ2) is 7.10. The molecule has 3 nitrogen and oxygen atoms in total. The lowest BCUT2D eigenvalue weighted by molar-refractivity contribution is 0.260. The Morgan fingerprint density at radius 2 is 2.19 bits per heavy atom. The van der Waals surface area contributed by atoms with Crippen LogP contribution in [0.4, 0.5) is 0 Å². The van der Waals surface area contributed by atoms with Gasteiger partial charge in [-0.25, -0.2) is 0 Å². The number of ether oxygens (including phenoxy) is 1. The molecule has 0 saturated heterocycles. The minimum Gasteiger partial charge on any atom is -0.493 e. The predicted octanol–water partition coefficient (Wildman–Crippen LogP) is 2.90. The third-order valence-corrected chi connectivity index (χ3v) is 2.37. The summed E-state index contributed by atoms with van der Waals surface area (Å²) >= 11 is 5.80. The third kappa shape index (κ3) is 4.09. The minimum atomic E-state index is -0.0892. The van der Waals surface area contributed by atoms with Gasteiger partial charge in [0.25, 0.3) is 0 Å². The van der Waals surface area contributed by atoms with Crippen LogP contribution in [0.1, 0.15) is 24.8 Å². The summed E-state index contributed by atoms with van der Waals surface area (Å²) in [6.07, 6.45) is 2.22. The largest absolute Gasteiger partial charge is 0.493 e. The van der Waals surface area contributed by atoms with Crippen molar-refractivity contribution in [2.24, 2.45) is 0 Å². The molecule has 16 heavy (non-hydrogen) atoms. The van der Waals surface area contributed by atoms with E-state index in [0.29, 0.717) is 29.4 Å². The van der Waals surface area contributed by atoms with Crippen LogP contribution in [-0.4, -0.2) is 11.7 Å². The topological polar surface area (TPSA) is 53.2 Å². The lowest BCUT2D eigenvalue weighted by Crippen LogP contribution is -2.00. The number of nitriles is 1. The van der Waals surface area contributed by atoms with Gasteiger partial charge in [0, 0.05) is 17.0 Å². The zero-order valence-electron chi connectivity index (χ0n) is 8.95. The van der Waals surface area contributed by atoms with Gasteiger partial charge in [-0.1, -0.05) is 11.6 Å². The number of halogens is 1. The van der Waals surface area contributed by atoms with Crippen molar-refractivity contribution in [1.82, 2.24) is 0 Å². The van der Waals surface area contributed by atoms with Crippen LogP contribution in [0.5, 0.6) is 5.75 Å². The van der Waals surface area contributed by atoms with Gasteiger partial charge in [0.1, 0.15) is 5.75 Å². The normalized spacial score (nSPS) is 9.81. The molecule has 0 amide bonds. The molecule has 0 aromatic heterocycles. The predicted molar refractivity (Wildman–Crippen MR) is 62.3 cm³/mol. The van der Waals surface area contributed by atoms with E-state index in [1.807, 2.05) is 0 Å². The van der Waals surface area contributed by atoms with E-state index in [-0.39, 0.29) is 6.61 Å². The SMILES string of the molecule is N#CCCCCOc1ccc(Cl)cc1CO. The molecule has 0 fully saturated rings. The molecule has 4 heteroatoms. The standard InChI is InChI=1S/C12H14ClNO2/c13-11-4-5-12(10(8-11)9-15)16-7-3-1-2-6-14/h4-5,8,15H,1-3,7,9H2. The molecule has 0 heterocycles. The molecule has 0 spiro atoms. The Morgan fingerprint density at radius 3 is 2.88 bits per heavy atom. The van der Waals surface area contributed by atoms with Crippen LogP contribution < -0.4 is 4.74 Å². The van der Waals surface area contributed by atoms with Gasteiger partial charge >= 0.3 is 0 Å². The highest BCUT2D eigenvalue weighted by atomic mass is 35.5. The van der Waals surface area contributed by atoms with Crippen molar-refractivity contribution < 1.29 is 9.84 Å². The number of aliphatic hydroxyl groups excluding tert-OH is 1. The van der Waals surface area contributed by atoms with Crippen molar-refractivity contribution >= 4 is 11.6 Å². The van der Waals surface area contributed by atoms with Crippen molar-refractivity contribution in [1.29, 1.82) is 5.26 Å². The lowest BCUT2D eigenvalue weighted by atomic mass is 10.2. The van der Waals surface area contributed by atoms with Crippen LogP contribution >= 0.6 is 11.6 Å². The summed E-state index contributed by atoms with van der Waals surface area (Å²) in [5.74, 6) is 0.656. The van der Waals surface area contributed by atoms with E-state index >= 15 is 0 Å². The average Bonchev–Trinajstić information content (AvgIpc) is 2.30. The van der Waals surface area contributed by atoms with E-state index in [1.54, 1.807) is 18.2 Å². The fraction of sp³-hybridized carbons (Fsp3) is 0.417. The number of rotatable bonds is 6. The highest BCUT2D eigenvalue weighted by Gasteiger charge is 2.03. The second-order valence-corrected chi connectivity index (χ2v) is 3.81. The van der Waals surface area contributed by atoms with E-state index in [9.17, 15) is 0 Å². The lowest BCUT2D eigenvalue weighted by Gasteiger charge is -2.09. The first-order valence-corrected chi connectivity index (χ1v) is 5.54. The molecular weight excluding hydrogens is 226 g/mol. The van der Waals surface area contributed by atoms with E-state index in [4.69, 9.17) is 26.7 Å². The van der Waals surface area contributed by atoms with Crippen LogP contribution in [0.25, 0.3) is 0 Å². The number of nitrogens with zero attached hydrogens (tertiary/aromatic N) is 1. The minimum absolute atomic E-state index is 0.0892. The molecule has 0 unspecified atom stereocenters. The van der Waals surface area contributed by atoms with Crippen LogP contribution in [-0.2, 0) is 6.61 Å². The van der Waals surface area contributed by atoms with E-state index in [0.717, 1.165) is 12.8 Å². The molecule has 0 radical (unpaired) electrons. The van der Waals surface area contributed by atoms with Gasteiger partial charge in [-0.15, -0.1) is 0 Å². The Kier molecular flexibility index (Phi) is 5.69. The number of aliphatic hydroxyl groups is 1. The maximum Gasteiger partial charge on any atom is 0.124 e. The zero-order valence-corrected chi connectivity index (χ0v) is 9.70. The van der Waals surface area contributed by atoms with Gasteiger partial charge in [0.2, 0.25) is 0 Å². The fourth-order valence-corrected chi connectivity index (χ4v) is 1.50. The summed E-state index contributed by atoms with van der Waals surface area (Å²) in [6.45, 7) is 0.463. The molecule has 1 N–H and O–H groups in total. The molecule has 0 saturated carbocycles. The van der Waals surface area contributed by atoms with Gasteiger partial charge in [-0.05, 0) is 31.0 Å². The number of hydrogen-bond donors (Lipinski definition) is 1. The molecule has 0 aliphatic rings. The maximum absolute atomic E-state index is 9.10. The van der Waals surface area contributed by atoms with Gasteiger partial charge in [-0.2, -0.15) is 5.26 Å². The third-order valence-electron chi connectivity index (χ3n) is 2.13. The quantitative estimate of drug-likeness (QED) is 0.777. The molecule has 0 atom stereocenters. The highest BCUT2D eigenvalue weighted by Crippen LogP contribution is 2.23. The monoisotopic (exact) mass is 239 g/mol.